The molecular weight excluding hydrogens is 298 g/mol. The van der Waals surface area contributed by atoms with Gasteiger partial charge in [0, 0.05) is 32.1 Å². The highest BCUT2D eigenvalue weighted by Crippen LogP contribution is 2.05. The molecule has 2 heterocycles. The second-order valence-electron chi connectivity index (χ2n) is 4.80. The van der Waals surface area contributed by atoms with E-state index in [0.29, 0.717) is 11.4 Å². The second kappa shape index (κ2) is 7.83. The molecule has 0 aliphatic rings. The molecule has 0 fully saturated rings. The third-order valence-corrected chi connectivity index (χ3v) is 2.88. The van der Waals surface area contributed by atoms with Crippen molar-refractivity contribution < 1.29 is 14.3 Å². The number of nitrogens with one attached hydrogen (secondary N) is 1. The molecule has 120 valence electrons. The number of ether oxygens (including phenoxy) is 1. The summed E-state index contributed by atoms with van der Waals surface area (Å²) in [6.45, 7) is 0.253. The minimum Gasteiger partial charge on any atom is -0.459 e. The topological polar surface area (TPSA) is 97.3 Å². The minimum absolute atomic E-state index is 0.0484. The monoisotopic (exact) mass is 315 g/mol. The van der Waals surface area contributed by atoms with Crippen molar-refractivity contribution in [3.05, 3.63) is 47.9 Å². The average Bonchev–Trinajstić information content (AvgIpc) is 2.59. The van der Waals surface area contributed by atoms with Crippen molar-refractivity contribution in [1.82, 2.24) is 20.5 Å². The van der Waals surface area contributed by atoms with Crippen LogP contribution in [0.25, 0.3) is 0 Å². The van der Waals surface area contributed by atoms with Gasteiger partial charge in [-0.25, -0.2) is 4.79 Å². The highest BCUT2D eigenvalue weighted by molar-refractivity contribution is 5.94. The number of amides is 1. The van der Waals surface area contributed by atoms with Gasteiger partial charge in [-0.2, -0.15) is 0 Å². The summed E-state index contributed by atoms with van der Waals surface area (Å²) in [5, 5.41) is 10.3. The number of rotatable bonds is 6. The Morgan fingerprint density at radius 1 is 1.13 bits per heavy atom. The SMILES string of the molecule is CN(C)c1ccc(C(=O)OCCNC(=O)c2ccncc2)nn1. The zero-order valence-corrected chi connectivity index (χ0v) is 12.9. The van der Waals surface area contributed by atoms with Crippen LogP contribution in [-0.4, -0.2) is 54.3 Å². The van der Waals surface area contributed by atoms with Gasteiger partial charge in [0.1, 0.15) is 6.61 Å². The quantitative estimate of drug-likeness (QED) is 0.613. The lowest BCUT2D eigenvalue weighted by molar-refractivity contribution is 0.0495. The summed E-state index contributed by atoms with van der Waals surface area (Å²) in [5.41, 5.74) is 0.618. The Hall–Kier alpha value is -3.03. The fourth-order valence-corrected chi connectivity index (χ4v) is 1.66. The van der Waals surface area contributed by atoms with Crippen LogP contribution in [0.4, 0.5) is 5.82 Å². The van der Waals surface area contributed by atoms with Crippen LogP contribution in [0, 0.1) is 0 Å². The Labute approximate surface area is 133 Å². The second-order valence-corrected chi connectivity index (χ2v) is 4.80. The molecule has 2 aromatic rings. The van der Waals surface area contributed by atoms with Gasteiger partial charge in [-0.3, -0.25) is 9.78 Å². The summed E-state index contributed by atoms with van der Waals surface area (Å²) < 4.78 is 5.03. The van der Waals surface area contributed by atoms with Crippen LogP contribution in [0.5, 0.6) is 0 Å². The van der Waals surface area contributed by atoms with E-state index in [0.717, 1.165) is 0 Å². The van der Waals surface area contributed by atoms with Crippen molar-refractivity contribution in [3.63, 3.8) is 0 Å². The van der Waals surface area contributed by atoms with E-state index < -0.39 is 5.97 Å². The molecule has 0 saturated heterocycles. The van der Waals surface area contributed by atoms with Crippen molar-refractivity contribution in [2.75, 3.05) is 32.1 Å². The Morgan fingerprint density at radius 2 is 1.87 bits per heavy atom. The highest BCUT2D eigenvalue weighted by Gasteiger charge is 2.10. The van der Waals surface area contributed by atoms with Crippen molar-refractivity contribution in [2.45, 2.75) is 0 Å². The largest absolute Gasteiger partial charge is 0.459 e. The summed E-state index contributed by atoms with van der Waals surface area (Å²) in [5.74, 6) is -0.189. The molecule has 0 aliphatic carbocycles. The summed E-state index contributed by atoms with van der Waals surface area (Å²) in [6.07, 6.45) is 3.07. The van der Waals surface area contributed by atoms with Gasteiger partial charge < -0.3 is 15.0 Å². The average molecular weight is 315 g/mol. The maximum Gasteiger partial charge on any atom is 0.358 e. The standard InChI is InChI=1S/C15H17N5O3/c1-20(2)13-4-3-12(18-19-13)15(22)23-10-9-17-14(21)11-5-7-16-8-6-11/h3-8H,9-10H2,1-2H3,(H,17,21). The van der Waals surface area contributed by atoms with Crippen LogP contribution in [0.3, 0.4) is 0 Å². The lowest BCUT2D eigenvalue weighted by Crippen LogP contribution is -2.28. The Morgan fingerprint density at radius 3 is 2.48 bits per heavy atom. The smallest absolute Gasteiger partial charge is 0.358 e. The molecule has 2 aromatic heterocycles. The summed E-state index contributed by atoms with van der Waals surface area (Å²) in [4.78, 5) is 29.1. The number of pyridine rings is 1. The van der Waals surface area contributed by atoms with Gasteiger partial charge in [0.15, 0.2) is 11.5 Å². The van der Waals surface area contributed by atoms with E-state index in [1.54, 1.807) is 29.2 Å². The molecule has 23 heavy (non-hydrogen) atoms. The van der Waals surface area contributed by atoms with E-state index in [4.69, 9.17) is 4.74 Å². The van der Waals surface area contributed by atoms with Crippen LogP contribution < -0.4 is 10.2 Å². The van der Waals surface area contributed by atoms with Crippen molar-refractivity contribution >= 4 is 17.7 Å². The number of nitrogens with zero attached hydrogens (tertiary/aromatic N) is 4. The molecule has 0 saturated carbocycles. The summed E-state index contributed by atoms with van der Waals surface area (Å²) >= 11 is 0. The molecule has 0 bridgehead atoms. The molecule has 0 unspecified atom stereocenters. The maximum atomic E-state index is 11.8. The molecule has 0 atom stereocenters. The fourth-order valence-electron chi connectivity index (χ4n) is 1.66. The van der Waals surface area contributed by atoms with Crippen molar-refractivity contribution in [2.24, 2.45) is 0 Å². The number of carbonyl (C=O) groups is 2. The van der Waals surface area contributed by atoms with Crippen LogP contribution >= 0.6 is 0 Å². The number of carbonyl (C=O) groups excluding carboxylic acids is 2. The zero-order chi connectivity index (χ0) is 16.7. The molecule has 1 amide bonds. The third kappa shape index (κ3) is 4.73. The first-order valence-electron chi connectivity index (χ1n) is 6.94. The Balaban J connectivity index is 1.75. The summed E-state index contributed by atoms with van der Waals surface area (Å²) in [7, 11) is 3.65. The lowest BCUT2D eigenvalue weighted by Gasteiger charge is -2.10. The molecule has 1 N–H and O–H groups in total. The van der Waals surface area contributed by atoms with Crippen molar-refractivity contribution in [1.29, 1.82) is 0 Å². The maximum absolute atomic E-state index is 11.8. The predicted octanol–water partition coefficient (Wildman–Crippen LogP) is 0.524. The van der Waals surface area contributed by atoms with Gasteiger partial charge >= 0.3 is 5.97 Å². The first kappa shape index (κ1) is 16.3. The van der Waals surface area contributed by atoms with Crippen LogP contribution in [-0.2, 0) is 4.74 Å². The number of hydrogen-bond acceptors (Lipinski definition) is 7. The van der Waals surface area contributed by atoms with E-state index in [2.05, 4.69) is 20.5 Å². The van der Waals surface area contributed by atoms with E-state index in [1.807, 2.05) is 14.1 Å². The molecule has 2 rings (SSSR count). The summed E-state index contributed by atoms with van der Waals surface area (Å²) in [6, 6.07) is 6.42. The van der Waals surface area contributed by atoms with Crippen LogP contribution in [0.15, 0.2) is 36.7 Å². The third-order valence-electron chi connectivity index (χ3n) is 2.88. The predicted molar refractivity (Wildman–Crippen MR) is 83.2 cm³/mol. The lowest BCUT2D eigenvalue weighted by atomic mass is 10.2. The number of hydrogen-bond donors (Lipinski definition) is 1. The molecule has 0 aromatic carbocycles. The van der Waals surface area contributed by atoms with E-state index in [9.17, 15) is 9.59 Å². The molecule has 0 aliphatic heterocycles. The van der Waals surface area contributed by atoms with Crippen LogP contribution in [0.1, 0.15) is 20.8 Å². The molecular formula is C15H17N5O3. The van der Waals surface area contributed by atoms with E-state index >= 15 is 0 Å². The first-order chi connectivity index (χ1) is 11.1. The Bertz CT molecular complexity index is 659. The zero-order valence-electron chi connectivity index (χ0n) is 12.9. The van der Waals surface area contributed by atoms with Gasteiger partial charge in [-0.05, 0) is 24.3 Å². The fraction of sp³-hybridized carbons (Fsp3) is 0.267. The molecule has 8 nitrogen and oxygen atoms in total. The van der Waals surface area contributed by atoms with E-state index in [-0.39, 0.29) is 24.8 Å². The minimum atomic E-state index is -0.582. The van der Waals surface area contributed by atoms with Gasteiger partial charge in [0.05, 0.1) is 6.54 Å². The number of aromatic nitrogens is 3. The normalized spacial score (nSPS) is 10.0. The molecule has 0 radical (unpaired) electrons. The van der Waals surface area contributed by atoms with Gasteiger partial charge in [-0.15, -0.1) is 10.2 Å². The number of esters is 1. The molecule has 0 spiro atoms. The Kier molecular flexibility index (Phi) is 5.56. The first-order valence-corrected chi connectivity index (χ1v) is 6.94. The van der Waals surface area contributed by atoms with Crippen LogP contribution in [0.2, 0.25) is 0 Å². The van der Waals surface area contributed by atoms with Gasteiger partial charge in [-0.1, -0.05) is 0 Å². The van der Waals surface area contributed by atoms with Crippen molar-refractivity contribution in [3.8, 4) is 0 Å². The number of anilines is 1. The van der Waals surface area contributed by atoms with E-state index in [1.165, 1.54) is 12.4 Å². The molecule has 8 heteroatoms. The van der Waals surface area contributed by atoms with Gasteiger partial charge in [0.2, 0.25) is 0 Å². The highest BCUT2D eigenvalue weighted by atomic mass is 16.5. The van der Waals surface area contributed by atoms with Gasteiger partial charge in [0.25, 0.3) is 5.91 Å².